The second-order valence-corrected chi connectivity index (χ2v) is 7.56. The number of piperidine rings is 1. The summed E-state index contributed by atoms with van der Waals surface area (Å²) in [5, 5.41) is 3.02. The third kappa shape index (κ3) is 5.24. The molecule has 29 heavy (non-hydrogen) atoms. The molecule has 6 N–H and O–H groups in total. The zero-order chi connectivity index (χ0) is 20.6. The van der Waals surface area contributed by atoms with E-state index >= 15 is 0 Å². The van der Waals surface area contributed by atoms with Gasteiger partial charge in [0.1, 0.15) is 11.6 Å². The number of hydrogen-bond donors (Lipinski definition) is 4. The molecule has 0 spiro atoms. The van der Waals surface area contributed by atoms with Crippen molar-refractivity contribution in [1.82, 2.24) is 10.2 Å². The summed E-state index contributed by atoms with van der Waals surface area (Å²) in [5.41, 5.74) is 13.9. The topological polar surface area (TPSA) is 118 Å². The first-order valence-corrected chi connectivity index (χ1v) is 10.4. The molecule has 156 valence electrons. The number of nitrogens with one attached hydrogen (secondary N) is 2. The molecule has 0 unspecified atom stereocenters. The largest absolute Gasteiger partial charge is 0.492 e. The molecule has 0 radical (unpaired) electrons. The van der Waals surface area contributed by atoms with Crippen LogP contribution in [-0.4, -0.2) is 49.9 Å². The number of carbonyl (C=O) groups is 1. The van der Waals surface area contributed by atoms with Gasteiger partial charge in [0, 0.05) is 31.1 Å². The van der Waals surface area contributed by atoms with Gasteiger partial charge < -0.3 is 31.1 Å². The lowest BCUT2D eigenvalue weighted by Crippen LogP contribution is -2.42. The Bertz CT molecular complexity index is 823. The molecule has 0 aliphatic carbocycles. The molecule has 1 amide bonds. The minimum Gasteiger partial charge on any atom is -0.492 e. The Morgan fingerprint density at radius 2 is 2.38 bits per heavy atom. The molecule has 1 fully saturated rings. The summed E-state index contributed by atoms with van der Waals surface area (Å²) in [6, 6.07) is 5.77. The van der Waals surface area contributed by atoms with Crippen LogP contribution in [-0.2, 0) is 4.79 Å². The highest BCUT2D eigenvalue weighted by molar-refractivity contribution is 7.99. The van der Waals surface area contributed by atoms with Gasteiger partial charge in [-0.25, -0.2) is 0 Å². The Balaban J connectivity index is 1.64. The van der Waals surface area contributed by atoms with E-state index < -0.39 is 0 Å². The van der Waals surface area contributed by atoms with Crippen LogP contribution in [0.4, 0.5) is 5.69 Å². The number of amides is 1. The fourth-order valence-electron chi connectivity index (χ4n) is 3.49. The summed E-state index contributed by atoms with van der Waals surface area (Å²) in [7, 11) is 1.84. The van der Waals surface area contributed by atoms with Crippen LogP contribution in [0.2, 0.25) is 0 Å². The second kappa shape index (κ2) is 10.2. The average molecular weight is 417 g/mol. The van der Waals surface area contributed by atoms with Gasteiger partial charge in [-0.15, -0.1) is 0 Å². The zero-order valence-electron chi connectivity index (χ0n) is 16.6. The van der Waals surface area contributed by atoms with Crippen LogP contribution >= 0.6 is 12.1 Å². The molecule has 0 saturated carbocycles. The number of anilines is 1. The molecule has 1 aromatic carbocycles. The van der Waals surface area contributed by atoms with Gasteiger partial charge in [0.15, 0.2) is 0 Å². The van der Waals surface area contributed by atoms with Crippen molar-refractivity contribution >= 4 is 29.6 Å². The summed E-state index contributed by atoms with van der Waals surface area (Å²) >= 11 is 1.21. The van der Waals surface area contributed by atoms with Gasteiger partial charge in [0.05, 0.1) is 30.0 Å². The standard InChI is InChI=1S/C20H28N6O2S/c1-23-10-8-15(7-9-21)20(27)26-11-3-4-14(12-26)13-28-17-6-2-5-16-18(17)19(22)25-29-24-16/h2,5-9,14,23-24H,3-4,10-13,21H2,1H3,(H2,22,25)/b9-7-,15-8+/t14-/m0/s1. The molecule has 2 aliphatic rings. The molecular formula is C20H28N6O2S. The summed E-state index contributed by atoms with van der Waals surface area (Å²) in [4.78, 5) is 14.8. The molecular weight excluding hydrogens is 388 g/mol. The number of amidine groups is 1. The van der Waals surface area contributed by atoms with Gasteiger partial charge in [-0.05, 0) is 44.3 Å². The maximum Gasteiger partial charge on any atom is 0.253 e. The van der Waals surface area contributed by atoms with Crippen LogP contribution in [0.15, 0.2) is 46.5 Å². The number of fused-ring (bicyclic) bond motifs is 1. The van der Waals surface area contributed by atoms with E-state index in [-0.39, 0.29) is 11.8 Å². The maximum atomic E-state index is 12.9. The molecule has 1 aromatic rings. The van der Waals surface area contributed by atoms with Crippen molar-refractivity contribution in [1.29, 1.82) is 0 Å². The Morgan fingerprint density at radius 1 is 1.52 bits per heavy atom. The predicted molar refractivity (Wildman–Crippen MR) is 119 cm³/mol. The van der Waals surface area contributed by atoms with E-state index in [1.54, 1.807) is 6.08 Å². The van der Waals surface area contributed by atoms with Crippen LogP contribution in [0, 0.1) is 5.92 Å². The van der Waals surface area contributed by atoms with Gasteiger partial charge >= 0.3 is 0 Å². The van der Waals surface area contributed by atoms with Crippen molar-refractivity contribution in [3.05, 3.63) is 47.7 Å². The number of benzene rings is 1. The highest BCUT2D eigenvalue weighted by Crippen LogP contribution is 2.32. The number of carbonyl (C=O) groups excluding carboxylic acids is 1. The Morgan fingerprint density at radius 3 is 3.17 bits per heavy atom. The summed E-state index contributed by atoms with van der Waals surface area (Å²) < 4.78 is 13.4. The van der Waals surface area contributed by atoms with Crippen LogP contribution in [0.1, 0.15) is 18.4 Å². The van der Waals surface area contributed by atoms with Crippen molar-refractivity contribution in [2.75, 3.05) is 38.0 Å². The van der Waals surface area contributed by atoms with Gasteiger partial charge in [0.2, 0.25) is 0 Å². The molecule has 0 bridgehead atoms. The molecule has 1 saturated heterocycles. The number of rotatable bonds is 7. The number of likely N-dealkylation sites (N-methyl/N-ethyl adjacent to an activating group) is 1. The molecule has 2 heterocycles. The predicted octanol–water partition coefficient (Wildman–Crippen LogP) is 1.62. The lowest BCUT2D eigenvalue weighted by molar-refractivity contribution is -0.128. The molecule has 8 nitrogen and oxygen atoms in total. The highest BCUT2D eigenvalue weighted by atomic mass is 32.2. The van der Waals surface area contributed by atoms with Crippen LogP contribution < -0.4 is 26.2 Å². The van der Waals surface area contributed by atoms with E-state index in [4.69, 9.17) is 16.2 Å². The van der Waals surface area contributed by atoms with E-state index in [9.17, 15) is 4.79 Å². The van der Waals surface area contributed by atoms with Crippen LogP contribution in [0.5, 0.6) is 5.75 Å². The fourth-order valence-corrected chi connectivity index (χ4v) is 3.99. The summed E-state index contributed by atoms with van der Waals surface area (Å²) in [6.45, 7) is 2.52. The van der Waals surface area contributed by atoms with Crippen molar-refractivity contribution in [2.24, 2.45) is 21.8 Å². The van der Waals surface area contributed by atoms with Crippen molar-refractivity contribution < 1.29 is 9.53 Å². The van der Waals surface area contributed by atoms with Gasteiger partial charge in [-0.3, -0.25) is 4.79 Å². The van der Waals surface area contributed by atoms with E-state index in [0.717, 1.165) is 30.6 Å². The SMILES string of the molecule is CNC/C=C(\C=C/N)C(=O)N1CCC[C@H](COc2cccc3c2C(N)=NSN3)C1. The maximum absolute atomic E-state index is 12.9. The average Bonchev–Trinajstić information content (AvgIpc) is 2.75. The van der Waals surface area contributed by atoms with E-state index in [1.807, 2.05) is 36.2 Å². The number of likely N-dealkylation sites (tertiary alicyclic amines) is 1. The number of hydrogen-bond acceptors (Lipinski definition) is 8. The summed E-state index contributed by atoms with van der Waals surface area (Å²) in [5.74, 6) is 1.41. The number of nitrogens with two attached hydrogens (primary N) is 2. The molecule has 9 heteroatoms. The highest BCUT2D eigenvalue weighted by Gasteiger charge is 2.26. The van der Waals surface area contributed by atoms with Crippen molar-refractivity contribution in [3.63, 3.8) is 0 Å². The fraction of sp³-hybridized carbons (Fsp3) is 0.400. The molecule has 2 aliphatic heterocycles. The van der Waals surface area contributed by atoms with Crippen LogP contribution in [0.3, 0.4) is 0 Å². The smallest absolute Gasteiger partial charge is 0.253 e. The quantitative estimate of drug-likeness (QED) is 0.303. The van der Waals surface area contributed by atoms with Gasteiger partial charge in [0.25, 0.3) is 5.91 Å². The minimum atomic E-state index is 0.00124. The van der Waals surface area contributed by atoms with Gasteiger partial charge in [-0.1, -0.05) is 12.1 Å². The number of nitrogens with zero attached hydrogens (tertiary/aromatic N) is 2. The first-order valence-electron chi connectivity index (χ1n) is 9.68. The minimum absolute atomic E-state index is 0.00124. The summed E-state index contributed by atoms with van der Waals surface area (Å²) in [6.07, 6.45) is 6.87. The van der Waals surface area contributed by atoms with E-state index in [2.05, 4.69) is 14.4 Å². The molecule has 0 aromatic heterocycles. The Hall–Kier alpha value is -2.65. The number of ether oxygens (including phenoxy) is 1. The first kappa shape index (κ1) is 21.1. The monoisotopic (exact) mass is 416 g/mol. The third-order valence-corrected chi connectivity index (χ3v) is 5.51. The zero-order valence-corrected chi connectivity index (χ0v) is 17.4. The lowest BCUT2D eigenvalue weighted by Gasteiger charge is -2.33. The Kier molecular flexibility index (Phi) is 7.42. The third-order valence-electron chi connectivity index (χ3n) is 4.91. The lowest BCUT2D eigenvalue weighted by atomic mass is 9.98. The van der Waals surface area contributed by atoms with Gasteiger partial charge in [-0.2, -0.15) is 4.40 Å². The normalized spacial score (nSPS) is 19.5. The van der Waals surface area contributed by atoms with E-state index in [0.29, 0.717) is 36.9 Å². The van der Waals surface area contributed by atoms with Crippen LogP contribution in [0.25, 0.3) is 0 Å². The molecule has 3 rings (SSSR count). The van der Waals surface area contributed by atoms with Crippen molar-refractivity contribution in [3.8, 4) is 5.75 Å². The van der Waals surface area contributed by atoms with E-state index in [1.165, 1.54) is 18.3 Å². The first-order chi connectivity index (χ1) is 14.1. The molecule has 1 atom stereocenters. The van der Waals surface area contributed by atoms with Crippen molar-refractivity contribution in [2.45, 2.75) is 12.8 Å². The second-order valence-electron chi connectivity index (χ2n) is 7.00. The Labute approximate surface area is 175 Å².